The number of benzene rings is 2. The number of rotatable bonds is 13. The van der Waals surface area contributed by atoms with Crippen LogP contribution in [0.1, 0.15) is 36.5 Å². The Kier molecular flexibility index (Phi) is 9.42. The summed E-state index contributed by atoms with van der Waals surface area (Å²) in [7, 11) is 0. The number of hydrogen-bond acceptors (Lipinski definition) is 7. The smallest absolute Gasteiger partial charge is 0.305 e. The second kappa shape index (κ2) is 12.3. The van der Waals surface area contributed by atoms with Gasteiger partial charge in [0.1, 0.15) is 11.3 Å². The number of fused-ring (bicyclic) bond motifs is 1. The van der Waals surface area contributed by atoms with E-state index in [0.717, 1.165) is 48.9 Å². The van der Waals surface area contributed by atoms with Gasteiger partial charge in [-0.25, -0.2) is 0 Å². The Morgan fingerprint density at radius 1 is 1.06 bits per heavy atom. The van der Waals surface area contributed by atoms with Gasteiger partial charge in [-0.1, -0.05) is 54.7 Å². The number of aromatic amines is 1. The number of thioether (sulfide) groups is 1. The Morgan fingerprint density at radius 2 is 1.84 bits per heavy atom. The van der Waals surface area contributed by atoms with E-state index >= 15 is 0 Å². The molecule has 168 valence electrons. The largest absolute Gasteiger partial charge is 0.506 e. The van der Waals surface area contributed by atoms with Gasteiger partial charge in [0.2, 0.25) is 0 Å². The van der Waals surface area contributed by atoms with Crippen LogP contribution in [-0.4, -0.2) is 52.9 Å². The van der Waals surface area contributed by atoms with Crippen LogP contribution in [0, 0.1) is 0 Å². The number of H-pyrrole nitrogens is 1. The van der Waals surface area contributed by atoms with Gasteiger partial charge in [-0.2, -0.15) is 11.8 Å². The van der Waals surface area contributed by atoms with Crippen molar-refractivity contribution in [2.24, 2.45) is 0 Å². The maximum absolute atomic E-state index is 11.6. The third-order valence-corrected chi connectivity index (χ3v) is 7.17. The van der Waals surface area contributed by atoms with E-state index in [9.17, 15) is 15.0 Å². The van der Waals surface area contributed by atoms with Gasteiger partial charge in [0.25, 0.3) is 0 Å². The first-order valence-corrected chi connectivity index (χ1v) is 12.6. The summed E-state index contributed by atoms with van der Waals surface area (Å²) in [6.07, 6.45) is 0.304. The predicted octanol–water partition coefficient (Wildman–Crippen LogP) is 3.43. The zero-order chi connectivity index (χ0) is 22.1. The maximum Gasteiger partial charge on any atom is 0.305 e. The quantitative estimate of drug-likeness (QED) is 0.250. The van der Waals surface area contributed by atoms with Crippen molar-refractivity contribution in [3.8, 4) is 5.75 Å². The molecule has 0 bridgehead atoms. The number of phenolic OH excluding ortho intramolecular Hbond substituents is 1. The highest BCUT2D eigenvalue weighted by atomic mass is 32.2. The number of hydrogen-bond donors (Lipinski definition) is 5. The lowest BCUT2D eigenvalue weighted by Gasteiger charge is -2.14. The molecule has 0 aliphatic rings. The predicted molar refractivity (Wildman–Crippen MR) is 132 cm³/mol. The van der Waals surface area contributed by atoms with E-state index in [0.29, 0.717) is 28.2 Å². The normalized spacial score (nSPS) is 13.5. The molecule has 1 aromatic heterocycles. The van der Waals surface area contributed by atoms with Gasteiger partial charge >= 0.3 is 4.87 Å². The summed E-state index contributed by atoms with van der Waals surface area (Å²) in [4.78, 5) is 14.0. The molecule has 0 saturated carbocycles. The van der Waals surface area contributed by atoms with Crippen LogP contribution < -0.4 is 15.5 Å². The molecule has 1 heterocycles. The molecule has 0 fully saturated rings. The highest BCUT2D eigenvalue weighted by Crippen LogP contribution is 2.31. The summed E-state index contributed by atoms with van der Waals surface area (Å²) in [6, 6.07) is 13.8. The number of aromatic nitrogens is 1. The molecule has 5 N–H and O–H groups in total. The molecule has 2 atom stereocenters. The van der Waals surface area contributed by atoms with Crippen molar-refractivity contribution < 1.29 is 10.2 Å². The summed E-state index contributed by atoms with van der Waals surface area (Å²) in [5, 5.41) is 27.1. The molecule has 6 nitrogen and oxygen atoms in total. The van der Waals surface area contributed by atoms with Gasteiger partial charge in [-0.05, 0) is 36.3 Å². The van der Waals surface area contributed by atoms with Crippen LogP contribution in [-0.2, 0) is 0 Å². The van der Waals surface area contributed by atoms with Gasteiger partial charge in [-0.15, -0.1) is 0 Å². The van der Waals surface area contributed by atoms with E-state index in [4.69, 9.17) is 0 Å². The molecule has 3 rings (SSSR count). The molecule has 0 aliphatic heterocycles. The van der Waals surface area contributed by atoms with E-state index in [1.54, 1.807) is 6.07 Å². The van der Waals surface area contributed by atoms with Crippen LogP contribution in [0.15, 0.2) is 47.3 Å². The average Bonchev–Trinajstić information content (AvgIpc) is 3.17. The standard InChI is InChI=1S/C23H31N3O3S2/c1-16(17-6-3-2-4-7-17)14-25-11-13-30-12-5-10-24-15-20(28)18-8-9-19(27)21-22(18)31-23(29)26-21/h2-4,6-9,16,20,24-25,27-28H,5,10-15H2,1H3,(H,26,29)/t16-,20-/m0/s1. The van der Waals surface area contributed by atoms with Crippen molar-refractivity contribution in [1.82, 2.24) is 15.6 Å². The van der Waals surface area contributed by atoms with Crippen molar-refractivity contribution >= 4 is 33.3 Å². The monoisotopic (exact) mass is 461 g/mol. The number of aliphatic hydroxyl groups excluding tert-OH is 1. The molecule has 0 radical (unpaired) electrons. The molecule has 0 saturated heterocycles. The van der Waals surface area contributed by atoms with Gasteiger partial charge in [0.15, 0.2) is 0 Å². The summed E-state index contributed by atoms with van der Waals surface area (Å²) in [5.41, 5.74) is 2.43. The Balaban J connectivity index is 1.25. The number of aliphatic hydroxyl groups is 1. The van der Waals surface area contributed by atoms with Crippen molar-refractivity contribution in [1.29, 1.82) is 0 Å². The molecule has 8 heteroatoms. The maximum atomic E-state index is 11.6. The number of phenols is 1. The minimum Gasteiger partial charge on any atom is -0.506 e. The second-order valence-electron chi connectivity index (χ2n) is 7.59. The lowest BCUT2D eigenvalue weighted by Crippen LogP contribution is -2.24. The Morgan fingerprint density at radius 3 is 2.65 bits per heavy atom. The fraction of sp³-hybridized carbons (Fsp3) is 0.435. The second-order valence-corrected chi connectivity index (χ2v) is 9.80. The SMILES string of the molecule is C[C@@H](CNCCSCCCNC[C@H](O)c1ccc(O)c2[nH]c(=O)sc12)c1ccccc1. The first kappa shape index (κ1) is 23.8. The van der Waals surface area contributed by atoms with Crippen molar-refractivity contribution in [3.63, 3.8) is 0 Å². The molecule has 2 aromatic carbocycles. The minimum absolute atomic E-state index is 0.0262. The van der Waals surface area contributed by atoms with Gasteiger partial charge in [-0.3, -0.25) is 4.79 Å². The fourth-order valence-corrected chi connectivity index (χ4v) is 5.17. The lowest BCUT2D eigenvalue weighted by molar-refractivity contribution is 0.176. The zero-order valence-electron chi connectivity index (χ0n) is 17.8. The molecule has 0 aliphatic carbocycles. The van der Waals surface area contributed by atoms with Crippen LogP contribution in [0.25, 0.3) is 10.2 Å². The molecule has 0 spiro atoms. The molecular formula is C23H31N3O3S2. The summed E-state index contributed by atoms with van der Waals surface area (Å²) < 4.78 is 0.615. The van der Waals surface area contributed by atoms with Crippen LogP contribution in [0.4, 0.5) is 0 Å². The van der Waals surface area contributed by atoms with Crippen LogP contribution >= 0.6 is 23.1 Å². The van der Waals surface area contributed by atoms with Crippen LogP contribution in [0.2, 0.25) is 0 Å². The Bertz CT molecular complexity index is 991. The summed E-state index contributed by atoms with van der Waals surface area (Å²) in [5.74, 6) is 2.70. The van der Waals surface area contributed by atoms with Crippen LogP contribution in [0.5, 0.6) is 5.75 Å². The average molecular weight is 462 g/mol. The molecular weight excluding hydrogens is 430 g/mol. The number of thiazole rings is 1. The van der Waals surface area contributed by atoms with Crippen molar-refractivity contribution in [3.05, 3.63) is 63.3 Å². The van der Waals surface area contributed by atoms with E-state index in [1.807, 2.05) is 17.8 Å². The van der Waals surface area contributed by atoms with E-state index in [1.165, 1.54) is 11.6 Å². The highest BCUT2D eigenvalue weighted by molar-refractivity contribution is 7.99. The topological polar surface area (TPSA) is 97.4 Å². The molecule has 3 aromatic rings. The highest BCUT2D eigenvalue weighted by Gasteiger charge is 2.15. The Labute approximate surface area is 191 Å². The number of aromatic hydroxyl groups is 1. The molecule has 0 amide bonds. The molecule has 31 heavy (non-hydrogen) atoms. The van der Waals surface area contributed by atoms with E-state index in [-0.39, 0.29) is 10.6 Å². The van der Waals surface area contributed by atoms with Gasteiger partial charge < -0.3 is 25.8 Å². The fourth-order valence-electron chi connectivity index (χ4n) is 3.41. The minimum atomic E-state index is -0.724. The number of nitrogens with one attached hydrogen (secondary N) is 3. The van der Waals surface area contributed by atoms with Crippen molar-refractivity contribution in [2.75, 3.05) is 37.7 Å². The zero-order valence-corrected chi connectivity index (χ0v) is 19.4. The van der Waals surface area contributed by atoms with Gasteiger partial charge in [0.05, 0.1) is 10.8 Å². The summed E-state index contributed by atoms with van der Waals surface area (Å²) in [6.45, 7) is 5.48. The Hall–Kier alpha value is -1.84. The molecule has 0 unspecified atom stereocenters. The van der Waals surface area contributed by atoms with Crippen molar-refractivity contribution in [2.45, 2.75) is 25.4 Å². The first-order valence-electron chi connectivity index (χ1n) is 10.6. The van der Waals surface area contributed by atoms with Crippen LogP contribution in [0.3, 0.4) is 0 Å². The van der Waals surface area contributed by atoms with E-state index in [2.05, 4.69) is 46.8 Å². The van der Waals surface area contributed by atoms with E-state index < -0.39 is 6.10 Å². The lowest BCUT2D eigenvalue weighted by atomic mass is 10.0. The summed E-state index contributed by atoms with van der Waals surface area (Å²) >= 11 is 2.94. The third kappa shape index (κ3) is 7.08. The first-order chi connectivity index (χ1) is 15.1. The van der Waals surface area contributed by atoms with Gasteiger partial charge in [0, 0.05) is 31.0 Å². The third-order valence-electron chi connectivity index (χ3n) is 5.17.